The van der Waals surface area contributed by atoms with Crippen molar-refractivity contribution in [3.05, 3.63) is 29.6 Å². The fourth-order valence-corrected chi connectivity index (χ4v) is 3.32. The number of nitrogens with two attached hydrogens (primary N) is 1. The molecule has 2 heterocycles. The van der Waals surface area contributed by atoms with Gasteiger partial charge in [0.15, 0.2) is 0 Å². The van der Waals surface area contributed by atoms with Crippen LogP contribution in [0.2, 0.25) is 0 Å². The Morgan fingerprint density at radius 1 is 1.44 bits per heavy atom. The molecule has 0 saturated carbocycles. The molecular formula is C13H19N3. The lowest BCUT2D eigenvalue weighted by molar-refractivity contribution is 0.172. The third-order valence-electron chi connectivity index (χ3n) is 4.43. The van der Waals surface area contributed by atoms with Crippen LogP contribution in [-0.4, -0.2) is 36.1 Å². The number of aromatic nitrogens is 1. The van der Waals surface area contributed by atoms with Crippen LogP contribution >= 0.6 is 0 Å². The van der Waals surface area contributed by atoms with Crippen LogP contribution in [0.3, 0.4) is 0 Å². The minimum Gasteiger partial charge on any atom is -0.327 e. The van der Waals surface area contributed by atoms with Crippen molar-refractivity contribution in [1.82, 2.24) is 9.88 Å². The SMILES string of the molecule is CN1CCC2(CC1)c1cccnc1CC2N. The first-order valence-electron chi connectivity index (χ1n) is 6.11. The van der Waals surface area contributed by atoms with Gasteiger partial charge >= 0.3 is 0 Å². The van der Waals surface area contributed by atoms with Gasteiger partial charge in [0.05, 0.1) is 0 Å². The Labute approximate surface area is 96.7 Å². The lowest BCUT2D eigenvalue weighted by atomic mass is 9.72. The molecule has 0 aromatic carbocycles. The van der Waals surface area contributed by atoms with E-state index < -0.39 is 0 Å². The molecule has 1 unspecified atom stereocenters. The summed E-state index contributed by atoms with van der Waals surface area (Å²) in [6, 6.07) is 4.56. The average Bonchev–Trinajstić information content (AvgIpc) is 2.57. The van der Waals surface area contributed by atoms with Gasteiger partial charge in [-0.1, -0.05) is 6.07 Å². The number of hydrogen-bond donors (Lipinski definition) is 1. The predicted molar refractivity (Wildman–Crippen MR) is 64.3 cm³/mol. The number of fused-ring (bicyclic) bond motifs is 2. The van der Waals surface area contributed by atoms with Crippen LogP contribution in [0.1, 0.15) is 24.1 Å². The summed E-state index contributed by atoms with van der Waals surface area (Å²) in [6.07, 6.45) is 5.21. The van der Waals surface area contributed by atoms with E-state index in [1.54, 1.807) is 0 Å². The van der Waals surface area contributed by atoms with Crippen molar-refractivity contribution in [2.24, 2.45) is 5.73 Å². The van der Waals surface area contributed by atoms with Gasteiger partial charge in [0.25, 0.3) is 0 Å². The Morgan fingerprint density at radius 2 is 2.19 bits per heavy atom. The van der Waals surface area contributed by atoms with Crippen molar-refractivity contribution < 1.29 is 0 Å². The minimum absolute atomic E-state index is 0.218. The summed E-state index contributed by atoms with van der Waals surface area (Å²) in [7, 11) is 2.19. The molecule has 1 aliphatic heterocycles. The highest BCUT2D eigenvalue weighted by atomic mass is 15.1. The summed E-state index contributed by atoms with van der Waals surface area (Å²) in [4.78, 5) is 6.88. The number of pyridine rings is 1. The highest BCUT2D eigenvalue weighted by Gasteiger charge is 2.46. The van der Waals surface area contributed by atoms with Gasteiger partial charge in [0.1, 0.15) is 0 Å². The summed E-state index contributed by atoms with van der Waals surface area (Å²) in [5.74, 6) is 0. The molecule has 2 aliphatic rings. The van der Waals surface area contributed by atoms with Crippen LogP contribution in [0.5, 0.6) is 0 Å². The number of nitrogens with zero attached hydrogens (tertiary/aromatic N) is 2. The molecule has 1 spiro atoms. The Bertz CT molecular complexity index is 394. The fourth-order valence-electron chi connectivity index (χ4n) is 3.32. The number of hydrogen-bond acceptors (Lipinski definition) is 3. The van der Waals surface area contributed by atoms with Gasteiger partial charge in [0.2, 0.25) is 0 Å². The molecule has 0 radical (unpaired) electrons. The molecule has 1 aromatic rings. The quantitative estimate of drug-likeness (QED) is 0.703. The first-order valence-corrected chi connectivity index (χ1v) is 6.11. The predicted octanol–water partition coefficient (Wildman–Crippen LogP) is 0.928. The Morgan fingerprint density at radius 3 is 2.94 bits per heavy atom. The maximum atomic E-state index is 6.38. The van der Waals surface area contributed by atoms with Crippen molar-refractivity contribution >= 4 is 0 Å². The summed E-state index contributed by atoms with van der Waals surface area (Å²) in [6.45, 7) is 2.31. The van der Waals surface area contributed by atoms with Gasteiger partial charge in [0, 0.05) is 29.8 Å². The molecule has 16 heavy (non-hydrogen) atoms. The molecule has 0 amide bonds. The molecule has 3 nitrogen and oxygen atoms in total. The molecule has 1 aromatic heterocycles. The normalized spacial score (nSPS) is 28.2. The van der Waals surface area contributed by atoms with Crippen molar-refractivity contribution in [3.8, 4) is 0 Å². The molecule has 0 bridgehead atoms. The molecule has 2 N–H and O–H groups in total. The van der Waals surface area contributed by atoms with E-state index in [-0.39, 0.29) is 11.5 Å². The standard InChI is InChI=1S/C13H19N3/c1-16-7-4-13(5-8-16)10-3-2-6-15-11(10)9-12(13)14/h2-3,6,12H,4-5,7-9,14H2,1H3. The second-order valence-corrected chi connectivity index (χ2v) is 5.27. The molecular weight excluding hydrogens is 198 g/mol. The van der Waals surface area contributed by atoms with Crippen LogP contribution in [0.25, 0.3) is 0 Å². The molecule has 3 rings (SSSR count). The Hall–Kier alpha value is -0.930. The summed E-state index contributed by atoms with van der Waals surface area (Å²) in [5.41, 5.74) is 9.26. The third kappa shape index (κ3) is 1.31. The second kappa shape index (κ2) is 3.54. The zero-order chi connectivity index (χ0) is 11.2. The zero-order valence-corrected chi connectivity index (χ0v) is 9.82. The molecule has 1 atom stereocenters. The van der Waals surface area contributed by atoms with Crippen molar-refractivity contribution in [2.75, 3.05) is 20.1 Å². The highest BCUT2D eigenvalue weighted by molar-refractivity contribution is 5.38. The van der Waals surface area contributed by atoms with Gasteiger partial charge in [-0.05, 0) is 44.6 Å². The van der Waals surface area contributed by atoms with Crippen LogP contribution in [-0.2, 0) is 11.8 Å². The summed E-state index contributed by atoms with van der Waals surface area (Å²) in [5, 5.41) is 0. The third-order valence-corrected chi connectivity index (χ3v) is 4.43. The summed E-state index contributed by atoms with van der Waals surface area (Å²) >= 11 is 0. The van der Waals surface area contributed by atoms with Crippen LogP contribution in [0, 0.1) is 0 Å². The zero-order valence-electron chi connectivity index (χ0n) is 9.82. The Balaban J connectivity index is 2.01. The monoisotopic (exact) mass is 217 g/mol. The van der Waals surface area contributed by atoms with Crippen molar-refractivity contribution in [3.63, 3.8) is 0 Å². The topological polar surface area (TPSA) is 42.2 Å². The van der Waals surface area contributed by atoms with Crippen molar-refractivity contribution in [2.45, 2.75) is 30.7 Å². The first-order chi connectivity index (χ1) is 7.72. The smallest absolute Gasteiger partial charge is 0.0457 e. The molecule has 3 heteroatoms. The number of rotatable bonds is 0. The highest BCUT2D eigenvalue weighted by Crippen LogP contribution is 2.44. The van der Waals surface area contributed by atoms with Crippen LogP contribution in [0.15, 0.2) is 18.3 Å². The van der Waals surface area contributed by atoms with E-state index in [9.17, 15) is 0 Å². The van der Waals surface area contributed by atoms with Gasteiger partial charge in [-0.15, -0.1) is 0 Å². The largest absolute Gasteiger partial charge is 0.327 e. The van der Waals surface area contributed by atoms with E-state index in [4.69, 9.17) is 5.73 Å². The lowest BCUT2D eigenvalue weighted by Gasteiger charge is -2.41. The average molecular weight is 217 g/mol. The maximum absolute atomic E-state index is 6.38. The lowest BCUT2D eigenvalue weighted by Crippen LogP contribution is -2.49. The van der Waals surface area contributed by atoms with Gasteiger partial charge in [-0.25, -0.2) is 0 Å². The first kappa shape index (κ1) is 10.2. The van der Waals surface area contributed by atoms with Gasteiger partial charge in [-0.2, -0.15) is 0 Å². The molecule has 1 saturated heterocycles. The van der Waals surface area contributed by atoms with E-state index >= 15 is 0 Å². The van der Waals surface area contributed by atoms with Gasteiger partial charge < -0.3 is 10.6 Å². The Kier molecular flexibility index (Phi) is 2.26. The fraction of sp³-hybridized carbons (Fsp3) is 0.615. The molecule has 1 fully saturated rings. The summed E-state index contributed by atoms with van der Waals surface area (Å²) < 4.78 is 0. The second-order valence-electron chi connectivity index (χ2n) is 5.27. The molecule has 1 aliphatic carbocycles. The van der Waals surface area contributed by atoms with Crippen LogP contribution in [0.4, 0.5) is 0 Å². The van der Waals surface area contributed by atoms with E-state index in [0.717, 1.165) is 19.5 Å². The van der Waals surface area contributed by atoms with E-state index in [1.165, 1.54) is 24.1 Å². The van der Waals surface area contributed by atoms with Crippen molar-refractivity contribution in [1.29, 1.82) is 0 Å². The number of likely N-dealkylation sites (tertiary alicyclic amines) is 1. The van der Waals surface area contributed by atoms with E-state index in [0.29, 0.717) is 0 Å². The van der Waals surface area contributed by atoms with Crippen LogP contribution < -0.4 is 5.73 Å². The maximum Gasteiger partial charge on any atom is 0.0457 e. The van der Waals surface area contributed by atoms with E-state index in [1.807, 2.05) is 6.20 Å². The minimum atomic E-state index is 0.218. The van der Waals surface area contributed by atoms with Gasteiger partial charge in [-0.3, -0.25) is 4.98 Å². The molecule has 86 valence electrons. The van der Waals surface area contributed by atoms with E-state index in [2.05, 4.69) is 29.1 Å². The number of piperidine rings is 1.